The first kappa shape index (κ1) is 18.1. The van der Waals surface area contributed by atoms with Gasteiger partial charge in [0.25, 0.3) is 0 Å². The van der Waals surface area contributed by atoms with Crippen molar-refractivity contribution in [2.75, 3.05) is 6.61 Å². The Labute approximate surface area is 170 Å². The average Bonchev–Trinajstić information content (AvgIpc) is 3.30. The quantitative estimate of drug-likeness (QED) is 0.475. The molecule has 0 saturated heterocycles. The highest BCUT2D eigenvalue weighted by atomic mass is 16.6. The molecule has 1 aliphatic heterocycles. The largest absolute Gasteiger partial charge is 0.485 e. The minimum atomic E-state index is -1.03. The smallest absolute Gasteiger partial charge is 0.356 e. The third-order valence-electron chi connectivity index (χ3n) is 4.72. The van der Waals surface area contributed by atoms with Crippen LogP contribution in [-0.4, -0.2) is 18.7 Å². The lowest BCUT2D eigenvalue weighted by atomic mass is 10.1. The molecule has 0 radical (unpaired) electrons. The molecule has 150 valence electrons. The van der Waals surface area contributed by atoms with E-state index in [1.54, 1.807) is 48.5 Å². The van der Waals surface area contributed by atoms with Crippen molar-refractivity contribution in [2.45, 2.75) is 13.0 Å². The second-order valence-electron chi connectivity index (χ2n) is 6.85. The van der Waals surface area contributed by atoms with Gasteiger partial charge in [-0.05, 0) is 43.3 Å². The highest BCUT2D eigenvalue weighted by molar-refractivity contribution is 5.85. The summed E-state index contributed by atoms with van der Waals surface area (Å²) in [4.78, 5) is 26.0. The maximum Gasteiger partial charge on any atom is 0.356 e. The van der Waals surface area contributed by atoms with E-state index in [9.17, 15) is 9.59 Å². The van der Waals surface area contributed by atoms with E-state index in [0.29, 0.717) is 22.5 Å². The summed E-state index contributed by atoms with van der Waals surface area (Å²) in [6.07, 6.45) is 0.409. The molecule has 5 rings (SSSR count). The van der Waals surface area contributed by atoms with Crippen molar-refractivity contribution < 1.29 is 27.8 Å². The number of ether oxygens (including phenoxy) is 3. The van der Waals surface area contributed by atoms with Gasteiger partial charge < -0.3 is 23.0 Å². The van der Waals surface area contributed by atoms with Gasteiger partial charge in [-0.1, -0.05) is 23.8 Å². The molecule has 0 aliphatic carbocycles. The van der Waals surface area contributed by atoms with Crippen LogP contribution in [0.5, 0.6) is 17.2 Å². The number of benzene rings is 2. The van der Waals surface area contributed by atoms with Crippen LogP contribution < -0.4 is 19.6 Å². The van der Waals surface area contributed by atoms with Gasteiger partial charge in [-0.25, -0.2) is 4.79 Å². The molecule has 7 nitrogen and oxygen atoms in total. The number of carbonyl (C=O) groups excluding carboxylic acids is 1. The lowest BCUT2D eigenvalue weighted by Crippen LogP contribution is -2.40. The van der Waals surface area contributed by atoms with Crippen molar-refractivity contribution in [3.05, 3.63) is 76.6 Å². The molecular formula is C23H16O7. The highest BCUT2D eigenvalue weighted by Crippen LogP contribution is 2.34. The topological polar surface area (TPSA) is 88.1 Å². The summed E-state index contributed by atoms with van der Waals surface area (Å²) in [5.41, 5.74) is 0.762. The summed E-state index contributed by atoms with van der Waals surface area (Å²) in [6.45, 7) is 1.82. The van der Waals surface area contributed by atoms with Gasteiger partial charge in [0.05, 0.1) is 11.6 Å². The van der Waals surface area contributed by atoms with Gasteiger partial charge in [-0.3, -0.25) is 4.79 Å². The van der Waals surface area contributed by atoms with Gasteiger partial charge in [0.1, 0.15) is 12.2 Å². The van der Waals surface area contributed by atoms with E-state index in [2.05, 4.69) is 0 Å². The summed E-state index contributed by atoms with van der Waals surface area (Å²) in [6, 6.07) is 15.5. The van der Waals surface area contributed by atoms with E-state index in [4.69, 9.17) is 23.0 Å². The molecule has 0 amide bonds. The van der Waals surface area contributed by atoms with E-state index in [1.165, 1.54) is 6.26 Å². The predicted octanol–water partition coefficient (Wildman–Crippen LogP) is 4.11. The van der Waals surface area contributed by atoms with Gasteiger partial charge in [0.2, 0.25) is 23.0 Å². The van der Waals surface area contributed by atoms with Crippen LogP contribution in [0.4, 0.5) is 0 Å². The Morgan fingerprint density at radius 3 is 2.70 bits per heavy atom. The molecule has 0 fully saturated rings. The fourth-order valence-electron chi connectivity index (χ4n) is 3.26. The van der Waals surface area contributed by atoms with Crippen LogP contribution in [0.1, 0.15) is 5.56 Å². The van der Waals surface area contributed by atoms with Gasteiger partial charge in [-0.15, -0.1) is 0 Å². The van der Waals surface area contributed by atoms with E-state index >= 15 is 0 Å². The summed E-state index contributed by atoms with van der Waals surface area (Å²) < 4.78 is 28.0. The van der Waals surface area contributed by atoms with Crippen LogP contribution in [0.15, 0.2) is 74.5 Å². The molecule has 1 aliphatic rings. The number of esters is 1. The average molecular weight is 404 g/mol. The number of furan rings is 1. The highest BCUT2D eigenvalue weighted by Gasteiger charge is 2.31. The first-order chi connectivity index (χ1) is 14.6. The Bertz CT molecular complexity index is 1300. The number of fused-ring (bicyclic) bond motifs is 2. The molecule has 2 aromatic carbocycles. The molecule has 2 aromatic heterocycles. The van der Waals surface area contributed by atoms with Crippen LogP contribution in [0.2, 0.25) is 0 Å². The third kappa shape index (κ3) is 3.10. The number of carbonyl (C=O) groups is 1. The Hall–Kier alpha value is -4.00. The second-order valence-corrected chi connectivity index (χ2v) is 6.85. The molecule has 0 bridgehead atoms. The summed E-state index contributed by atoms with van der Waals surface area (Å²) >= 11 is 0. The first-order valence-electron chi connectivity index (χ1n) is 9.31. The van der Waals surface area contributed by atoms with Gasteiger partial charge in [0, 0.05) is 0 Å². The molecular weight excluding hydrogens is 388 g/mol. The fourth-order valence-corrected chi connectivity index (χ4v) is 3.26. The first-order valence-corrected chi connectivity index (χ1v) is 9.31. The number of para-hydroxylation sites is 2. The van der Waals surface area contributed by atoms with E-state index < -0.39 is 17.5 Å². The number of aryl methyl sites for hydroxylation is 1. The third-order valence-corrected chi connectivity index (χ3v) is 4.72. The zero-order valence-corrected chi connectivity index (χ0v) is 15.9. The molecule has 1 atom stereocenters. The SMILES string of the molecule is Cc1ccc2oc(-c3ccco3)c(OC(=O)C3COc4ccccc4O3)c(=O)c2c1. The van der Waals surface area contributed by atoms with Crippen LogP contribution in [0, 0.1) is 6.92 Å². The number of hydrogen-bond donors (Lipinski definition) is 0. The number of rotatable bonds is 3. The normalized spacial score (nSPS) is 15.2. The van der Waals surface area contributed by atoms with E-state index in [-0.39, 0.29) is 23.9 Å². The Balaban J connectivity index is 1.55. The molecule has 3 heterocycles. The summed E-state index contributed by atoms with van der Waals surface area (Å²) in [7, 11) is 0. The van der Waals surface area contributed by atoms with Crippen molar-refractivity contribution >= 4 is 16.9 Å². The zero-order chi connectivity index (χ0) is 20.7. The van der Waals surface area contributed by atoms with Gasteiger partial charge in [-0.2, -0.15) is 0 Å². The zero-order valence-electron chi connectivity index (χ0n) is 15.9. The summed E-state index contributed by atoms with van der Waals surface area (Å²) in [5, 5.41) is 0.305. The van der Waals surface area contributed by atoms with Gasteiger partial charge in [0.15, 0.2) is 17.3 Å². The van der Waals surface area contributed by atoms with Crippen molar-refractivity contribution in [1.82, 2.24) is 0 Å². The number of hydrogen-bond acceptors (Lipinski definition) is 7. The van der Waals surface area contributed by atoms with E-state index in [0.717, 1.165) is 5.56 Å². The predicted molar refractivity (Wildman–Crippen MR) is 107 cm³/mol. The summed E-state index contributed by atoms with van der Waals surface area (Å²) in [5.74, 6) is 0.249. The lowest BCUT2D eigenvalue weighted by molar-refractivity contribution is -0.144. The minimum absolute atomic E-state index is 0.0341. The van der Waals surface area contributed by atoms with Crippen molar-refractivity contribution in [1.29, 1.82) is 0 Å². The van der Waals surface area contributed by atoms with Crippen LogP contribution in [0.25, 0.3) is 22.5 Å². The van der Waals surface area contributed by atoms with Crippen molar-refractivity contribution in [2.24, 2.45) is 0 Å². The molecule has 0 spiro atoms. The molecule has 0 saturated carbocycles. The van der Waals surface area contributed by atoms with Crippen molar-refractivity contribution in [3.63, 3.8) is 0 Å². The fraction of sp³-hybridized carbons (Fsp3) is 0.130. The monoisotopic (exact) mass is 404 g/mol. The molecule has 7 heteroatoms. The maximum absolute atomic E-state index is 13.2. The minimum Gasteiger partial charge on any atom is -0.485 e. The van der Waals surface area contributed by atoms with Crippen LogP contribution >= 0.6 is 0 Å². The Kier molecular flexibility index (Phi) is 4.28. The second kappa shape index (κ2) is 7.11. The Morgan fingerprint density at radius 1 is 1.07 bits per heavy atom. The van der Waals surface area contributed by atoms with Crippen LogP contribution in [-0.2, 0) is 4.79 Å². The van der Waals surface area contributed by atoms with Crippen LogP contribution in [0.3, 0.4) is 0 Å². The maximum atomic E-state index is 13.2. The lowest BCUT2D eigenvalue weighted by Gasteiger charge is -2.24. The molecule has 1 unspecified atom stereocenters. The molecule has 4 aromatic rings. The van der Waals surface area contributed by atoms with E-state index in [1.807, 2.05) is 13.0 Å². The Morgan fingerprint density at radius 2 is 1.90 bits per heavy atom. The molecule has 0 N–H and O–H groups in total. The van der Waals surface area contributed by atoms with Gasteiger partial charge >= 0.3 is 5.97 Å². The molecule has 30 heavy (non-hydrogen) atoms. The standard InChI is InChI=1S/C23H16O7/c1-13-8-9-15-14(11-13)20(24)22(21(29-15)18-7-4-10-26-18)30-23(25)19-12-27-16-5-2-3-6-17(16)28-19/h2-11,19H,12H2,1H3. The van der Waals surface area contributed by atoms with Crippen molar-refractivity contribution in [3.8, 4) is 28.8 Å².